The van der Waals surface area contributed by atoms with Crippen molar-refractivity contribution in [3.05, 3.63) is 10.4 Å². The number of aliphatic hydroxyl groups excluding tert-OH is 2. The van der Waals surface area contributed by atoms with Gasteiger partial charge in [-0.3, -0.25) is 0 Å². The molecule has 0 saturated heterocycles. The van der Waals surface area contributed by atoms with Gasteiger partial charge in [-0.1, -0.05) is 5.11 Å². The van der Waals surface area contributed by atoms with Gasteiger partial charge in [-0.15, -0.1) is 0 Å². The van der Waals surface area contributed by atoms with E-state index in [2.05, 4.69) is 10.0 Å². The van der Waals surface area contributed by atoms with Crippen LogP contribution in [0.25, 0.3) is 10.4 Å². The molecule has 0 aliphatic rings. The lowest BCUT2D eigenvalue weighted by molar-refractivity contribution is -0.135. The molecule has 0 aliphatic heterocycles. The van der Waals surface area contributed by atoms with Crippen molar-refractivity contribution in [1.82, 2.24) is 0 Å². The zero-order valence-electron chi connectivity index (χ0n) is 6.16. The molecule has 2 atom stereocenters. The number of hydrogen-bond acceptors (Lipinski definition) is 5. The van der Waals surface area contributed by atoms with Gasteiger partial charge in [0.1, 0.15) is 11.7 Å². The molecule has 0 aromatic carbocycles. The van der Waals surface area contributed by atoms with Gasteiger partial charge in [0.2, 0.25) is 0 Å². The minimum atomic E-state index is -2.08. The fourth-order valence-electron chi connectivity index (χ4n) is 0.518. The van der Waals surface area contributed by atoms with Crippen molar-refractivity contribution in [2.75, 3.05) is 13.2 Å². The number of aldehydes is 1. The second-order valence-electron chi connectivity index (χ2n) is 2.23. The maximum absolute atomic E-state index is 10.0. The van der Waals surface area contributed by atoms with Gasteiger partial charge in [-0.2, -0.15) is 0 Å². The molecule has 0 fully saturated rings. The van der Waals surface area contributed by atoms with E-state index in [4.69, 9.17) is 15.7 Å². The zero-order valence-corrected chi connectivity index (χ0v) is 6.16. The van der Waals surface area contributed by atoms with Crippen LogP contribution in [-0.2, 0) is 4.79 Å². The molecular weight excluding hydrogens is 166 g/mol. The van der Waals surface area contributed by atoms with E-state index in [9.17, 15) is 9.90 Å². The van der Waals surface area contributed by atoms with Crippen LogP contribution >= 0.6 is 0 Å². The Morgan fingerprint density at radius 2 is 2.33 bits per heavy atom. The predicted molar refractivity (Wildman–Crippen MR) is 38.1 cm³/mol. The van der Waals surface area contributed by atoms with Crippen molar-refractivity contribution >= 4 is 6.29 Å². The monoisotopic (exact) mass is 175 g/mol. The standard InChI is InChI=1S/C5H9N3O4/c6-8-7-2-5(12,3-10)4(11)1-9/h1,4,10-12H,2-3H2/t4-,5+/m0/s1. The highest BCUT2D eigenvalue weighted by atomic mass is 16.4. The Morgan fingerprint density at radius 1 is 1.75 bits per heavy atom. The second-order valence-corrected chi connectivity index (χ2v) is 2.23. The largest absolute Gasteiger partial charge is 0.393 e. The number of hydrogen-bond donors (Lipinski definition) is 3. The third-order valence-corrected chi connectivity index (χ3v) is 1.36. The van der Waals surface area contributed by atoms with Gasteiger partial charge in [-0.25, -0.2) is 0 Å². The SMILES string of the molecule is [N-]=[N+]=NC[C@@](O)(CO)[C@@H](O)C=O. The van der Waals surface area contributed by atoms with Crippen LogP contribution in [-0.4, -0.2) is 46.5 Å². The number of azide groups is 1. The van der Waals surface area contributed by atoms with E-state index in [1.165, 1.54) is 0 Å². The van der Waals surface area contributed by atoms with Crippen molar-refractivity contribution in [2.45, 2.75) is 11.7 Å². The van der Waals surface area contributed by atoms with Crippen molar-refractivity contribution in [3.8, 4) is 0 Å². The Kier molecular flexibility index (Phi) is 4.24. The molecule has 0 aromatic rings. The number of aliphatic hydroxyl groups is 3. The van der Waals surface area contributed by atoms with Crippen LogP contribution in [0.3, 0.4) is 0 Å². The molecular formula is C5H9N3O4. The average Bonchev–Trinajstić information content (AvgIpc) is 2.12. The Labute approximate surface area is 67.9 Å². The first kappa shape index (κ1) is 10.9. The molecule has 7 heteroatoms. The Balaban J connectivity index is 4.41. The molecule has 0 amide bonds. The molecule has 0 radical (unpaired) electrons. The minimum absolute atomic E-state index is 0.0586. The van der Waals surface area contributed by atoms with Crippen LogP contribution in [0.5, 0.6) is 0 Å². The lowest BCUT2D eigenvalue weighted by Gasteiger charge is -2.25. The van der Waals surface area contributed by atoms with E-state index in [1.807, 2.05) is 0 Å². The van der Waals surface area contributed by atoms with Gasteiger partial charge in [0, 0.05) is 4.91 Å². The van der Waals surface area contributed by atoms with Crippen LogP contribution < -0.4 is 0 Å². The highest BCUT2D eigenvalue weighted by Gasteiger charge is 2.34. The van der Waals surface area contributed by atoms with Crippen LogP contribution in [0.4, 0.5) is 0 Å². The van der Waals surface area contributed by atoms with E-state index >= 15 is 0 Å². The summed E-state index contributed by atoms with van der Waals surface area (Å²) in [4.78, 5) is 12.3. The second kappa shape index (κ2) is 4.68. The molecule has 12 heavy (non-hydrogen) atoms. The van der Waals surface area contributed by atoms with E-state index in [1.54, 1.807) is 0 Å². The van der Waals surface area contributed by atoms with Crippen molar-refractivity contribution < 1.29 is 20.1 Å². The van der Waals surface area contributed by atoms with E-state index in [0.717, 1.165) is 0 Å². The Hall–Kier alpha value is -1.14. The van der Waals surface area contributed by atoms with Crippen LogP contribution in [0.1, 0.15) is 0 Å². The smallest absolute Gasteiger partial charge is 0.151 e. The molecule has 7 nitrogen and oxygen atoms in total. The van der Waals surface area contributed by atoms with Crippen LogP contribution in [0.2, 0.25) is 0 Å². The van der Waals surface area contributed by atoms with Crippen LogP contribution in [0, 0.1) is 0 Å². The summed E-state index contributed by atoms with van der Waals surface area (Å²) in [6, 6.07) is 0. The normalized spacial score (nSPS) is 17.2. The van der Waals surface area contributed by atoms with Gasteiger partial charge in [0.05, 0.1) is 13.2 Å². The summed E-state index contributed by atoms with van der Waals surface area (Å²) in [7, 11) is 0. The molecule has 0 heterocycles. The molecule has 0 saturated carbocycles. The molecule has 68 valence electrons. The van der Waals surface area contributed by atoms with E-state index in [0.29, 0.717) is 0 Å². The molecule has 0 rings (SSSR count). The Morgan fingerprint density at radius 3 is 2.67 bits per heavy atom. The summed E-state index contributed by atoms with van der Waals surface area (Å²) in [5.74, 6) is 0. The quantitative estimate of drug-likeness (QED) is 0.205. The van der Waals surface area contributed by atoms with Crippen molar-refractivity contribution in [3.63, 3.8) is 0 Å². The highest BCUT2D eigenvalue weighted by molar-refractivity contribution is 5.58. The fourth-order valence-corrected chi connectivity index (χ4v) is 0.518. The summed E-state index contributed by atoms with van der Waals surface area (Å²) in [5, 5.41) is 29.6. The summed E-state index contributed by atoms with van der Waals surface area (Å²) in [6.07, 6.45) is -1.70. The van der Waals surface area contributed by atoms with E-state index in [-0.39, 0.29) is 6.29 Å². The maximum atomic E-state index is 10.0. The number of carbonyl (C=O) groups excluding carboxylic acids is 1. The van der Waals surface area contributed by atoms with Crippen molar-refractivity contribution in [1.29, 1.82) is 0 Å². The number of rotatable bonds is 5. The first-order valence-electron chi connectivity index (χ1n) is 3.08. The Bertz CT molecular complexity index is 203. The number of nitrogens with zero attached hydrogens (tertiary/aromatic N) is 3. The number of carbonyl (C=O) groups is 1. The zero-order chi connectivity index (χ0) is 9.61. The lowest BCUT2D eigenvalue weighted by atomic mass is 9.99. The van der Waals surface area contributed by atoms with Gasteiger partial charge in [-0.05, 0) is 5.53 Å². The maximum Gasteiger partial charge on any atom is 0.151 e. The highest BCUT2D eigenvalue weighted by Crippen LogP contribution is 2.09. The van der Waals surface area contributed by atoms with Gasteiger partial charge >= 0.3 is 0 Å². The first-order chi connectivity index (χ1) is 5.60. The first-order valence-corrected chi connectivity index (χ1v) is 3.08. The molecule has 0 aliphatic carbocycles. The molecule has 0 unspecified atom stereocenters. The summed E-state index contributed by atoms with van der Waals surface area (Å²) < 4.78 is 0. The topological polar surface area (TPSA) is 127 Å². The van der Waals surface area contributed by atoms with Crippen molar-refractivity contribution in [2.24, 2.45) is 5.11 Å². The van der Waals surface area contributed by atoms with Gasteiger partial charge in [0.25, 0.3) is 0 Å². The average molecular weight is 175 g/mol. The van der Waals surface area contributed by atoms with Gasteiger partial charge in [0.15, 0.2) is 6.29 Å². The third kappa shape index (κ3) is 2.48. The summed E-state index contributed by atoms with van der Waals surface area (Å²) >= 11 is 0. The molecule has 3 N–H and O–H groups in total. The molecule has 0 aromatic heterocycles. The van der Waals surface area contributed by atoms with Crippen LogP contribution in [0.15, 0.2) is 5.11 Å². The summed E-state index contributed by atoms with van der Waals surface area (Å²) in [6.45, 7) is -1.41. The van der Waals surface area contributed by atoms with Gasteiger partial charge < -0.3 is 20.1 Å². The lowest BCUT2D eigenvalue weighted by Crippen LogP contribution is -2.49. The third-order valence-electron chi connectivity index (χ3n) is 1.36. The fraction of sp³-hybridized carbons (Fsp3) is 0.800. The minimum Gasteiger partial charge on any atom is -0.393 e. The molecule has 0 spiro atoms. The molecule has 0 bridgehead atoms. The van der Waals surface area contributed by atoms with E-state index < -0.39 is 24.9 Å². The summed E-state index contributed by atoms with van der Waals surface area (Å²) in [5.41, 5.74) is 5.80. The predicted octanol–water partition coefficient (Wildman–Crippen LogP) is -1.42.